The molecular formula is C20H23NO3S. The zero-order valence-electron chi connectivity index (χ0n) is 14.7. The van der Waals surface area contributed by atoms with E-state index in [4.69, 9.17) is 4.74 Å². The Bertz CT molecular complexity index is 743. The van der Waals surface area contributed by atoms with E-state index in [1.165, 1.54) is 18.9 Å². The summed E-state index contributed by atoms with van der Waals surface area (Å²) in [5.41, 5.74) is 3.52. The SMILES string of the molecule is COC(=O)c1cccc(CSCC(=O)Nc2ccccc2C(C)C)c1. The van der Waals surface area contributed by atoms with Crippen molar-refractivity contribution < 1.29 is 14.3 Å². The molecular weight excluding hydrogens is 334 g/mol. The van der Waals surface area contributed by atoms with Crippen LogP contribution in [0.25, 0.3) is 0 Å². The number of carbonyl (C=O) groups excluding carboxylic acids is 2. The van der Waals surface area contributed by atoms with Crippen LogP contribution < -0.4 is 5.32 Å². The Balaban J connectivity index is 1.88. The molecule has 1 N–H and O–H groups in total. The molecule has 132 valence electrons. The molecule has 0 atom stereocenters. The van der Waals surface area contributed by atoms with Crippen molar-refractivity contribution >= 4 is 29.3 Å². The van der Waals surface area contributed by atoms with E-state index in [9.17, 15) is 9.59 Å². The fourth-order valence-electron chi connectivity index (χ4n) is 2.47. The molecule has 0 aliphatic carbocycles. The Morgan fingerprint density at radius 1 is 1.12 bits per heavy atom. The van der Waals surface area contributed by atoms with E-state index in [0.717, 1.165) is 16.8 Å². The second-order valence-electron chi connectivity index (χ2n) is 5.97. The molecule has 0 heterocycles. The number of ether oxygens (including phenoxy) is 1. The Morgan fingerprint density at radius 3 is 2.60 bits per heavy atom. The van der Waals surface area contributed by atoms with Crippen LogP contribution in [-0.4, -0.2) is 24.7 Å². The molecule has 5 heteroatoms. The summed E-state index contributed by atoms with van der Waals surface area (Å²) in [6, 6.07) is 15.1. The highest BCUT2D eigenvalue weighted by molar-refractivity contribution is 7.99. The first-order valence-electron chi connectivity index (χ1n) is 8.15. The molecule has 0 bridgehead atoms. The number of benzene rings is 2. The lowest BCUT2D eigenvalue weighted by Crippen LogP contribution is -2.15. The molecule has 0 aliphatic heterocycles. The monoisotopic (exact) mass is 357 g/mol. The van der Waals surface area contributed by atoms with E-state index in [2.05, 4.69) is 19.2 Å². The molecule has 25 heavy (non-hydrogen) atoms. The Labute approximate surface area is 153 Å². The third kappa shape index (κ3) is 5.64. The van der Waals surface area contributed by atoms with Crippen molar-refractivity contribution in [3.8, 4) is 0 Å². The number of methoxy groups -OCH3 is 1. The van der Waals surface area contributed by atoms with Gasteiger partial charge < -0.3 is 10.1 Å². The van der Waals surface area contributed by atoms with Gasteiger partial charge in [-0.1, -0.05) is 44.2 Å². The van der Waals surface area contributed by atoms with Gasteiger partial charge in [-0.2, -0.15) is 0 Å². The lowest BCUT2D eigenvalue weighted by molar-refractivity contribution is -0.113. The summed E-state index contributed by atoms with van der Waals surface area (Å²) in [6.45, 7) is 4.21. The molecule has 0 unspecified atom stereocenters. The standard InChI is InChI=1S/C20H23NO3S/c1-14(2)17-9-4-5-10-18(17)21-19(22)13-25-12-15-7-6-8-16(11-15)20(23)24-3/h4-11,14H,12-13H2,1-3H3,(H,21,22). The molecule has 0 aliphatic rings. The van der Waals surface area contributed by atoms with Gasteiger partial charge in [0, 0.05) is 11.4 Å². The Kier molecular flexibility index (Phi) is 7.07. The second kappa shape index (κ2) is 9.28. The number of amides is 1. The highest BCUT2D eigenvalue weighted by atomic mass is 32.2. The van der Waals surface area contributed by atoms with Gasteiger partial charge in [0.1, 0.15) is 0 Å². The third-order valence-corrected chi connectivity index (χ3v) is 4.71. The molecule has 1 amide bonds. The van der Waals surface area contributed by atoms with E-state index in [1.54, 1.807) is 12.1 Å². The zero-order chi connectivity index (χ0) is 18.2. The van der Waals surface area contributed by atoms with Crippen LogP contribution in [-0.2, 0) is 15.3 Å². The van der Waals surface area contributed by atoms with Gasteiger partial charge in [0.2, 0.25) is 5.91 Å². The summed E-state index contributed by atoms with van der Waals surface area (Å²) in [5, 5.41) is 2.98. The van der Waals surface area contributed by atoms with Gasteiger partial charge >= 0.3 is 5.97 Å². The fraction of sp³-hybridized carbons (Fsp3) is 0.300. The number of rotatable bonds is 7. The van der Waals surface area contributed by atoms with Crippen molar-refractivity contribution in [1.29, 1.82) is 0 Å². The number of para-hydroxylation sites is 1. The van der Waals surface area contributed by atoms with Gasteiger partial charge in [0.25, 0.3) is 0 Å². The van der Waals surface area contributed by atoms with Crippen molar-refractivity contribution in [2.45, 2.75) is 25.5 Å². The maximum absolute atomic E-state index is 12.2. The summed E-state index contributed by atoms with van der Waals surface area (Å²) < 4.78 is 4.72. The summed E-state index contributed by atoms with van der Waals surface area (Å²) >= 11 is 1.51. The van der Waals surface area contributed by atoms with Crippen LogP contribution in [0, 0.1) is 0 Å². The number of nitrogens with one attached hydrogen (secondary N) is 1. The maximum atomic E-state index is 12.2. The number of carbonyl (C=O) groups is 2. The third-order valence-electron chi connectivity index (χ3n) is 3.71. The predicted octanol–water partition coefficient (Wildman–Crippen LogP) is 4.47. The van der Waals surface area contributed by atoms with E-state index in [1.807, 2.05) is 36.4 Å². The molecule has 0 fully saturated rings. The van der Waals surface area contributed by atoms with Crippen LogP contribution >= 0.6 is 11.8 Å². The first-order chi connectivity index (χ1) is 12.0. The van der Waals surface area contributed by atoms with Crippen molar-refractivity contribution in [2.24, 2.45) is 0 Å². The van der Waals surface area contributed by atoms with Crippen molar-refractivity contribution in [3.63, 3.8) is 0 Å². The zero-order valence-corrected chi connectivity index (χ0v) is 15.6. The van der Waals surface area contributed by atoms with Crippen LogP contribution in [0.4, 0.5) is 5.69 Å². The fourth-order valence-corrected chi connectivity index (χ4v) is 3.24. The van der Waals surface area contributed by atoms with Gasteiger partial charge in [0.15, 0.2) is 0 Å². The number of esters is 1. The largest absolute Gasteiger partial charge is 0.465 e. The van der Waals surface area contributed by atoms with E-state index >= 15 is 0 Å². The first kappa shape index (κ1) is 19.1. The minimum atomic E-state index is -0.352. The van der Waals surface area contributed by atoms with Crippen LogP contribution in [0.5, 0.6) is 0 Å². The van der Waals surface area contributed by atoms with E-state index in [-0.39, 0.29) is 11.9 Å². The number of anilines is 1. The van der Waals surface area contributed by atoms with Crippen molar-refractivity contribution in [2.75, 3.05) is 18.2 Å². The molecule has 0 radical (unpaired) electrons. The molecule has 0 aromatic heterocycles. The minimum Gasteiger partial charge on any atom is -0.465 e. The van der Waals surface area contributed by atoms with Gasteiger partial charge in [-0.05, 0) is 35.2 Å². The topological polar surface area (TPSA) is 55.4 Å². The summed E-state index contributed by atoms with van der Waals surface area (Å²) in [6.07, 6.45) is 0. The smallest absolute Gasteiger partial charge is 0.337 e. The molecule has 2 aromatic rings. The number of hydrogen-bond acceptors (Lipinski definition) is 4. The van der Waals surface area contributed by atoms with Crippen molar-refractivity contribution in [1.82, 2.24) is 0 Å². The molecule has 2 aromatic carbocycles. The van der Waals surface area contributed by atoms with Crippen LogP contribution in [0.2, 0.25) is 0 Å². The molecule has 0 saturated carbocycles. The Hall–Kier alpha value is -2.27. The van der Waals surface area contributed by atoms with Crippen LogP contribution in [0.3, 0.4) is 0 Å². The highest BCUT2D eigenvalue weighted by Gasteiger charge is 2.10. The lowest BCUT2D eigenvalue weighted by Gasteiger charge is -2.13. The Morgan fingerprint density at radius 2 is 1.88 bits per heavy atom. The van der Waals surface area contributed by atoms with E-state index < -0.39 is 0 Å². The minimum absolute atomic E-state index is 0.0257. The average Bonchev–Trinajstić information content (AvgIpc) is 2.61. The van der Waals surface area contributed by atoms with Gasteiger partial charge in [-0.25, -0.2) is 4.79 Å². The van der Waals surface area contributed by atoms with Crippen LogP contribution in [0.15, 0.2) is 48.5 Å². The predicted molar refractivity (Wildman–Crippen MR) is 103 cm³/mol. The van der Waals surface area contributed by atoms with E-state index in [0.29, 0.717) is 23.0 Å². The number of hydrogen-bond donors (Lipinski definition) is 1. The second-order valence-corrected chi connectivity index (χ2v) is 6.96. The van der Waals surface area contributed by atoms with Gasteiger partial charge in [0.05, 0.1) is 18.4 Å². The highest BCUT2D eigenvalue weighted by Crippen LogP contribution is 2.24. The molecule has 2 rings (SSSR count). The van der Waals surface area contributed by atoms with Gasteiger partial charge in [-0.3, -0.25) is 4.79 Å². The summed E-state index contributed by atoms with van der Waals surface area (Å²) in [5.74, 6) is 0.987. The molecule has 0 saturated heterocycles. The maximum Gasteiger partial charge on any atom is 0.337 e. The van der Waals surface area contributed by atoms with Crippen molar-refractivity contribution in [3.05, 3.63) is 65.2 Å². The first-order valence-corrected chi connectivity index (χ1v) is 9.30. The van der Waals surface area contributed by atoms with Crippen LogP contribution in [0.1, 0.15) is 41.3 Å². The lowest BCUT2D eigenvalue weighted by atomic mass is 10.0. The average molecular weight is 357 g/mol. The summed E-state index contributed by atoms with van der Waals surface area (Å²) in [4.78, 5) is 23.7. The number of thioether (sulfide) groups is 1. The quantitative estimate of drug-likeness (QED) is 0.743. The van der Waals surface area contributed by atoms with Gasteiger partial charge in [-0.15, -0.1) is 11.8 Å². The molecule has 4 nitrogen and oxygen atoms in total. The molecule has 0 spiro atoms. The normalized spacial score (nSPS) is 10.6. The summed E-state index contributed by atoms with van der Waals surface area (Å²) in [7, 11) is 1.36.